The maximum atomic E-state index is 12.1. The quantitative estimate of drug-likeness (QED) is 0.738. The molecule has 106 valence electrons. The van der Waals surface area contributed by atoms with Crippen LogP contribution >= 0.6 is 27.3 Å². The molecule has 0 aliphatic carbocycles. The van der Waals surface area contributed by atoms with E-state index in [4.69, 9.17) is 14.2 Å². The minimum Gasteiger partial charge on any atom is -0.493 e. The van der Waals surface area contributed by atoms with E-state index in [9.17, 15) is 4.79 Å². The normalized spacial score (nSPS) is 10.2. The number of Topliss-reactive ketones (excluding diaryl/α,β-unsaturated/α-hetero) is 1. The van der Waals surface area contributed by atoms with Gasteiger partial charge < -0.3 is 14.2 Å². The van der Waals surface area contributed by atoms with Crippen LogP contribution in [-0.4, -0.2) is 26.6 Å². The third-order valence-corrected chi connectivity index (χ3v) is 4.48. The lowest BCUT2D eigenvalue weighted by Crippen LogP contribution is -2.11. The monoisotopic (exact) mass is 356 g/mol. The molecule has 0 spiro atoms. The average molecular weight is 357 g/mol. The van der Waals surface area contributed by atoms with Crippen LogP contribution in [0.1, 0.15) is 9.67 Å². The summed E-state index contributed by atoms with van der Waals surface area (Å²) >= 11 is 4.71. The fourth-order valence-corrected chi connectivity index (χ4v) is 3.18. The summed E-state index contributed by atoms with van der Waals surface area (Å²) in [7, 11) is 3.08. The van der Waals surface area contributed by atoms with Gasteiger partial charge in [-0.15, -0.1) is 11.3 Å². The van der Waals surface area contributed by atoms with Gasteiger partial charge in [0.15, 0.2) is 18.1 Å². The number of ketones is 1. The first-order chi connectivity index (χ1) is 9.67. The van der Waals surface area contributed by atoms with Gasteiger partial charge in [0.25, 0.3) is 0 Å². The molecule has 1 aromatic heterocycles. The summed E-state index contributed by atoms with van der Waals surface area (Å²) in [6, 6.07) is 7.14. The van der Waals surface area contributed by atoms with Crippen LogP contribution in [0.5, 0.6) is 17.2 Å². The Morgan fingerprint density at radius 2 is 1.85 bits per heavy atom. The molecule has 2 aromatic rings. The van der Waals surface area contributed by atoms with Gasteiger partial charge in [-0.1, -0.05) is 6.07 Å². The van der Waals surface area contributed by atoms with Crippen molar-refractivity contribution >= 4 is 33.0 Å². The highest BCUT2D eigenvalue weighted by molar-refractivity contribution is 9.10. The number of para-hydroxylation sites is 1. The molecule has 0 N–H and O–H groups in total. The second-order valence-corrected chi connectivity index (χ2v) is 5.57. The van der Waals surface area contributed by atoms with Crippen LogP contribution in [0.4, 0.5) is 0 Å². The molecular weight excluding hydrogens is 344 g/mol. The third kappa shape index (κ3) is 3.13. The van der Waals surface area contributed by atoms with Crippen molar-refractivity contribution in [3.63, 3.8) is 0 Å². The summed E-state index contributed by atoms with van der Waals surface area (Å²) in [4.78, 5) is 12.7. The number of carbonyl (C=O) groups excluding carboxylic acids is 1. The van der Waals surface area contributed by atoms with Crippen molar-refractivity contribution in [2.24, 2.45) is 0 Å². The summed E-state index contributed by atoms with van der Waals surface area (Å²) < 4.78 is 16.8. The first-order valence-corrected chi connectivity index (χ1v) is 7.44. The summed E-state index contributed by atoms with van der Waals surface area (Å²) in [6.45, 7) is -0.0736. The van der Waals surface area contributed by atoms with Crippen LogP contribution in [-0.2, 0) is 0 Å². The molecule has 20 heavy (non-hydrogen) atoms. The van der Waals surface area contributed by atoms with Gasteiger partial charge in [-0.2, -0.15) is 0 Å². The number of rotatable bonds is 6. The molecule has 0 unspecified atom stereocenters. The minimum atomic E-state index is -0.0974. The van der Waals surface area contributed by atoms with Crippen LogP contribution in [0.25, 0.3) is 0 Å². The minimum absolute atomic E-state index is 0.0736. The van der Waals surface area contributed by atoms with Gasteiger partial charge in [-0.05, 0) is 39.5 Å². The standard InChI is InChI=1S/C14H13BrO4S/c1-17-11-4-3-5-12(18-2)13(11)19-8-10(16)14-9(15)6-7-20-14/h3-7H,8H2,1-2H3. The number of halogens is 1. The Morgan fingerprint density at radius 1 is 1.20 bits per heavy atom. The van der Waals surface area contributed by atoms with E-state index in [1.165, 1.54) is 11.3 Å². The molecule has 0 saturated carbocycles. The molecule has 6 heteroatoms. The summed E-state index contributed by atoms with van der Waals surface area (Å²) in [5, 5.41) is 1.85. The molecule has 0 atom stereocenters. The number of carbonyl (C=O) groups is 1. The van der Waals surface area contributed by atoms with Crippen molar-refractivity contribution in [1.82, 2.24) is 0 Å². The highest BCUT2D eigenvalue weighted by atomic mass is 79.9. The highest BCUT2D eigenvalue weighted by Gasteiger charge is 2.16. The Hall–Kier alpha value is -1.53. The molecule has 0 aliphatic heterocycles. The van der Waals surface area contributed by atoms with Crippen molar-refractivity contribution in [3.8, 4) is 17.2 Å². The zero-order chi connectivity index (χ0) is 14.5. The second kappa shape index (κ2) is 6.76. The number of methoxy groups -OCH3 is 2. The Kier molecular flexibility index (Phi) is 5.03. The van der Waals surface area contributed by atoms with E-state index < -0.39 is 0 Å². The molecular formula is C14H13BrO4S. The van der Waals surface area contributed by atoms with Crippen LogP contribution < -0.4 is 14.2 Å². The number of hydrogen-bond donors (Lipinski definition) is 0. The Morgan fingerprint density at radius 3 is 2.35 bits per heavy atom. The number of benzene rings is 1. The van der Waals surface area contributed by atoms with E-state index in [1.807, 2.05) is 11.4 Å². The second-order valence-electron chi connectivity index (χ2n) is 3.80. The molecule has 0 saturated heterocycles. The van der Waals surface area contributed by atoms with Gasteiger partial charge in [0.05, 0.1) is 19.1 Å². The van der Waals surface area contributed by atoms with Gasteiger partial charge in [-0.3, -0.25) is 4.79 Å². The maximum Gasteiger partial charge on any atom is 0.211 e. The van der Waals surface area contributed by atoms with Crippen LogP contribution in [0.15, 0.2) is 34.1 Å². The number of hydrogen-bond acceptors (Lipinski definition) is 5. The van der Waals surface area contributed by atoms with Crippen molar-refractivity contribution < 1.29 is 19.0 Å². The highest BCUT2D eigenvalue weighted by Crippen LogP contribution is 2.37. The smallest absolute Gasteiger partial charge is 0.211 e. The van der Waals surface area contributed by atoms with Crippen molar-refractivity contribution in [2.45, 2.75) is 0 Å². The molecule has 0 aliphatic rings. The zero-order valence-electron chi connectivity index (χ0n) is 11.0. The van der Waals surface area contributed by atoms with Gasteiger partial charge in [0, 0.05) is 4.47 Å². The van der Waals surface area contributed by atoms with Crippen molar-refractivity contribution in [3.05, 3.63) is 39.0 Å². The van der Waals surface area contributed by atoms with Gasteiger partial charge in [0.1, 0.15) is 0 Å². The molecule has 2 rings (SSSR count). The van der Waals surface area contributed by atoms with Gasteiger partial charge >= 0.3 is 0 Å². The third-order valence-electron chi connectivity index (χ3n) is 2.60. The maximum absolute atomic E-state index is 12.1. The molecule has 0 radical (unpaired) electrons. The predicted molar refractivity (Wildman–Crippen MR) is 81.4 cm³/mol. The molecule has 4 nitrogen and oxygen atoms in total. The SMILES string of the molecule is COc1cccc(OC)c1OCC(=O)c1sccc1Br. The molecule has 1 aromatic carbocycles. The largest absolute Gasteiger partial charge is 0.493 e. The fraction of sp³-hybridized carbons (Fsp3) is 0.214. The number of ether oxygens (including phenoxy) is 3. The van der Waals surface area contributed by atoms with Crippen LogP contribution in [0.2, 0.25) is 0 Å². The average Bonchev–Trinajstić information content (AvgIpc) is 2.90. The molecule has 0 fully saturated rings. The van der Waals surface area contributed by atoms with Crippen molar-refractivity contribution in [2.75, 3.05) is 20.8 Å². The lowest BCUT2D eigenvalue weighted by molar-refractivity contribution is 0.0920. The first-order valence-electron chi connectivity index (χ1n) is 5.77. The van der Waals surface area contributed by atoms with Crippen LogP contribution in [0, 0.1) is 0 Å². The van der Waals surface area contributed by atoms with Gasteiger partial charge in [0.2, 0.25) is 11.5 Å². The van der Waals surface area contributed by atoms with E-state index in [-0.39, 0.29) is 12.4 Å². The summed E-state index contributed by atoms with van der Waals surface area (Å²) in [6.07, 6.45) is 0. The predicted octanol–water partition coefficient (Wildman–Crippen LogP) is 3.79. The Labute approximate surface area is 129 Å². The van der Waals surface area contributed by atoms with Crippen LogP contribution in [0.3, 0.4) is 0 Å². The van der Waals surface area contributed by atoms with E-state index in [1.54, 1.807) is 32.4 Å². The summed E-state index contributed by atoms with van der Waals surface area (Å²) in [5.74, 6) is 1.39. The van der Waals surface area contributed by atoms with E-state index in [0.29, 0.717) is 22.1 Å². The Bertz CT molecular complexity index is 587. The van der Waals surface area contributed by atoms with E-state index >= 15 is 0 Å². The fourth-order valence-electron chi connectivity index (χ4n) is 1.66. The number of thiophene rings is 1. The van der Waals surface area contributed by atoms with Gasteiger partial charge in [-0.25, -0.2) is 0 Å². The molecule has 0 bridgehead atoms. The molecule has 1 heterocycles. The summed E-state index contributed by atoms with van der Waals surface area (Å²) in [5.41, 5.74) is 0. The van der Waals surface area contributed by atoms with E-state index in [2.05, 4.69) is 15.9 Å². The zero-order valence-corrected chi connectivity index (χ0v) is 13.4. The van der Waals surface area contributed by atoms with E-state index in [0.717, 1.165) is 4.47 Å². The first kappa shape index (κ1) is 14.9. The lowest BCUT2D eigenvalue weighted by Gasteiger charge is -2.13. The van der Waals surface area contributed by atoms with Crippen molar-refractivity contribution in [1.29, 1.82) is 0 Å². The Balaban J connectivity index is 2.15. The lowest BCUT2D eigenvalue weighted by atomic mass is 10.3. The molecule has 0 amide bonds. The topological polar surface area (TPSA) is 44.8 Å².